The van der Waals surface area contributed by atoms with E-state index in [0.717, 1.165) is 38.5 Å². The highest BCUT2D eigenvalue weighted by atomic mass is 31.2. The van der Waals surface area contributed by atoms with Crippen LogP contribution in [0.3, 0.4) is 0 Å². The Balaban J connectivity index is 2.46. The summed E-state index contributed by atoms with van der Waals surface area (Å²) in [6.07, 6.45) is 14.7. The average molecular weight is 741 g/mol. The highest BCUT2D eigenvalue weighted by Crippen LogP contribution is 2.47. The number of aliphatic hydroxyl groups excluding tert-OH is 5. The van der Waals surface area contributed by atoms with Gasteiger partial charge in [0.2, 0.25) is 0 Å². The van der Waals surface area contributed by atoms with Crippen molar-refractivity contribution in [2.24, 2.45) is 0 Å². The van der Waals surface area contributed by atoms with Gasteiger partial charge in [0.25, 0.3) is 0 Å². The molecule has 0 radical (unpaired) electrons. The van der Waals surface area contributed by atoms with Gasteiger partial charge in [0.15, 0.2) is 0 Å². The second-order valence-corrected chi connectivity index (χ2v) is 15.6. The van der Waals surface area contributed by atoms with Crippen LogP contribution in [0, 0.1) is 0 Å². The van der Waals surface area contributed by atoms with Gasteiger partial charge in [-0.1, -0.05) is 149 Å². The van der Waals surface area contributed by atoms with Crippen LogP contribution in [0.2, 0.25) is 0 Å². The summed E-state index contributed by atoms with van der Waals surface area (Å²) in [6.45, 7) is 4.24. The minimum atomic E-state index is -5.00. The minimum absolute atomic E-state index is 0.0691. The van der Waals surface area contributed by atoms with Crippen molar-refractivity contribution in [2.75, 3.05) is 19.8 Å². The molecule has 0 heterocycles. The molecule has 1 rings (SSSR count). The highest BCUT2D eigenvalue weighted by Gasteiger charge is 2.51. The van der Waals surface area contributed by atoms with Crippen LogP contribution in [-0.4, -0.2) is 98.9 Å². The lowest BCUT2D eigenvalue weighted by molar-refractivity contribution is -0.220. The molecule has 0 spiro atoms. The fourth-order valence-electron chi connectivity index (χ4n) is 6.24. The Morgan fingerprint density at radius 1 is 0.560 bits per heavy atom. The summed E-state index contributed by atoms with van der Waals surface area (Å²) >= 11 is 0. The summed E-state index contributed by atoms with van der Waals surface area (Å²) in [6, 6.07) is 0. The molecule has 0 aromatic heterocycles. The van der Waals surface area contributed by atoms with Gasteiger partial charge in [-0.3, -0.25) is 13.8 Å². The van der Waals surface area contributed by atoms with E-state index in [2.05, 4.69) is 13.8 Å². The van der Waals surface area contributed by atoms with Gasteiger partial charge in [0.1, 0.15) is 42.7 Å². The molecule has 1 aliphatic rings. The van der Waals surface area contributed by atoms with Crippen molar-refractivity contribution in [2.45, 2.75) is 211 Å². The molecule has 12 nitrogen and oxygen atoms in total. The van der Waals surface area contributed by atoms with Crippen LogP contribution in [0.15, 0.2) is 0 Å². The molecule has 1 saturated carbocycles. The lowest BCUT2D eigenvalue weighted by Crippen LogP contribution is -2.64. The maximum absolute atomic E-state index is 12.7. The van der Waals surface area contributed by atoms with E-state index in [-0.39, 0.29) is 13.0 Å². The smallest absolute Gasteiger partial charge is 0.457 e. The van der Waals surface area contributed by atoms with Gasteiger partial charge in [-0.15, -0.1) is 0 Å². The van der Waals surface area contributed by atoms with Crippen LogP contribution in [0.4, 0.5) is 0 Å². The molecular formula is C37H73O12P. The summed E-state index contributed by atoms with van der Waals surface area (Å²) in [5, 5.41) is 49.9. The third-order valence-corrected chi connectivity index (χ3v) is 10.5. The topological polar surface area (TPSA) is 192 Å². The van der Waals surface area contributed by atoms with Crippen molar-refractivity contribution in [3.63, 3.8) is 0 Å². The van der Waals surface area contributed by atoms with E-state index >= 15 is 0 Å². The monoisotopic (exact) mass is 740 g/mol. The van der Waals surface area contributed by atoms with Crippen LogP contribution in [-0.2, 0) is 27.9 Å². The highest BCUT2D eigenvalue weighted by molar-refractivity contribution is 7.47. The summed E-state index contributed by atoms with van der Waals surface area (Å²) in [4.78, 5) is 23.0. The lowest BCUT2D eigenvalue weighted by atomic mass is 9.85. The van der Waals surface area contributed by atoms with Crippen molar-refractivity contribution >= 4 is 13.8 Å². The first-order valence-corrected chi connectivity index (χ1v) is 21.4. The Kier molecular flexibility index (Phi) is 28.2. The molecular weight excluding hydrogens is 667 g/mol. The van der Waals surface area contributed by atoms with Crippen LogP contribution in [0.1, 0.15) is 168 Å². The average Bonchev–Trinajstić information content (AvgIpc) is 3.09. The zero-order valence-electron chi connectivity index (χ0n) is 31.2. The van der Waals surface area contributed by atoms with Gasteiger partial charge in [-0.25, -0.2) is 4.57 Å². The normalized spacial score (nSPS) is 24.2. The number of phosphoric acid groups is 1. The maximum Gasteiger partial charge on any atom is 0.472 e. The molecule has 1 fully saturated rings. The molecule has 6 N–H and O–H groups in total. The fraction of sp³-hybridized carbons (Fsp3) is 0.973. The third kappa shape index (κ3) is 22.4. The summed E-state index contributed by atoms with van der Waals surface area (Å²) in [5.41, 5.74) is 0. The SMILES string of the molecule is CCCCCCCCCCCCCCOCC(COP(=O)(O)OC1C(O)C(O)C(O)C(O)C1O)OC(=O)CCCCCCCCCCCCC. The van der Waals surface area contributed by atoms with Gasteiger partial charge in [-0.2, -0.15) is 0 Å². The van der Waals surface area contributed by atoms with Crippen molar-refractivity contribution in [3.05, 3.63) is 0 Å². The number of rotatable bonds is 33. The Hall–Kier alpha value is -0.660. The van der Waals surface area contributed by atoms with Gasteiger partial charge < -0.3 is 39.9 Å². The molecule has 6 atom stereocenters. The number of unbranched alkanes of at least 4 members (excludes halogenated alkanes) is 21. The number of esters is 1. The van der Waals surface area contributed by atoms with Crippen molar-refractivity contribution in [1.82, 2.24) is 0 Å². The van der Waals surface area contributed by atoms with E-state index in [9.17, 15) is 39.8 Å². The van der Waals surface area contributed by atoms with E-state index in [1.54, 1.807) is 0 Å². The van der Waals surface area contributed by atoms with Crippen LogP contribution in [0.25, 0.3) is 0 Å². The van der Waals surface area contributed by atoms with E-state index in [1.807, 2.05) is 0 Å². The fourth-order valence-corrected chi connectivity index (χ4v) is 7.21. The Morgan fingerprint density at radius 2 is 0.940 bits per heavy atom. The molecule has 0 saturated heterocycles. The van der Waals surface area contributed by atoms with Crippen LogP contribution in [0.5, 0.6) is 0 Å². The second-order valence-electron chi connectivity index (χ2n) is 14.1. The van der Waals surface area contributed by atoms with Gasteiger partial charge in [0, 0.05) is 13.0 Å². The van der Waals surface area contributed by atoms with Crippen LogP contribution < -0.4 is 0 Å². The molecule has 0 amide bonds. The molecule has 0 aliphatic heterocycles. The Bertz CT molecular complexity index is 848. The molecule has 6 unspecified atom stereocenters. The first-order chi connectivity index (χ1) is 24.0. The summed E-state index contributed by atoms with van der Waals surface area (Å²) in [7, 11) is -5.00. The maximum atomic E-state index is 12.7. The largest absolute Gasteiger partial charge is 0.472 e. The summed E-state index contributed by atoms with van der Waals surface area (Å²) in [5.74, 6) is -0.476. The molecule has 0 aromatic carbocycles. The second kappa shape index (κ2) is 29.8. The number of carbonyl (C=O) groups excluding carboxylic acids is 1. The first kappa shape index (κ1) is 47.4. The first-order valence-electron chi connectivity index (χ1n) is 19.9. The predicted molar refractivity (Wildman–Crippen MR) is 194 cm³/mol. The number of hydrogen-bond acceptors (Lipinski definition) is 11. The predicted octanol–water partition coefficient (Wildman–Crippen LogP) is 6.64. The number of ether oxygens (including phenoxy) is 2. The quantitative estimate of drug-likeness (QED) is 0.0239. The zero-order valence-corrected chi connectivity index (χ0v) is 32.1. The minimum Gasteiger partial charge on any atom is -0.457 e. The molecule has 0 aromatic rings. The third-order valence-electron chi connectivity index (χ3n) is 9.48. The van der Waals surface area contributed by atoms with E-state index < -0.39 is 63.1 Å². The summed E-state index contributed by atoms with van der Waals surface area (Å²) < 4.78 is 34.0. The van der Waals surface area contributed by atoms with E-state index in [4.69, 9.17) is 18.5 Å². The lowest BCUT2D eigenvalue weighted by Gasteiger charge is -2.41. The van der Waals surface area contributed by atoms with Crippen molar-refractivity contribution < 1.29 is 58.3 Å². The number of carbonyl (C=O) groups is 1. The molecule has 298 valence electrons. The van der Waals surface area contributed by atoms with E-state index in [0.29, 0.717) is 13.0 Å². The standard InChI is InChI=1S/C37H73O12P/c1-3-5-7-9-11-13-15-17-19-21-23-25-27-46-28-30(48-31(38)26-24-22-20-18-16-14-12-10-8-6-4-2)29-47-50(44,45)49-37-35(42)33(40)32(39)34(41)36(37)43/h30,32-37,39-43H,3-29H2,1-2H3,(H,44,45). The van der Waals surface area contributed by atoms with Crippen LogP contribution >= 0.6 is 7.82 Å². The number of phosphoric ester groups is 1. The molecule has 1 aliphatic carbocycles. The molecule has 13 heteroatoms. The van der Waals surface area contributed by atoms with Gasteiger partial charge >= 0.3 is 13.8 Å². The number of hydrogen-bond donors (Lipinski definition) is 6. The van der Waals surface area contributed by atoms with Crippen molar-refractivity contribution in [1.29, 1.82) is 0 Å². The van der Waals surface area contributed by atoms with Gasteiger partial charge in [0.05, 0.1) is 13.2 Å². The number of aliphatic hydroxyl groups is 5. The van der Waals surface area contributed by atoms with Crippen molar-refractivity contribution in [3.8, 4) is 0 Å². The molecule has 0 bridgehead atoms. The Labute approximate surface area is 302 Å². The molecule has 50 heavy (non-hydrogen) atoms. The Morgan fingerprint density at radius 3 is 1.38 bits per heavy atom. The zero-order chi connectivity index (χ0) is 37.0. The van der Waals surface area contributed by atoms with Gasteiger partial charge in [-0.05, 0) is 12.8 Å². The van der Waals surface area contributed by atoms with E-state index in [1.165, 1.54) is 103 Å².